The largest absolute Gasteiger partial charge is 0.493 e. The van der Waals surface area contributed by atoms with Gasteiger partial charge in [0, 0.05) is 6.04 Å². The highest BCUT2D eigenvalue weighted by atomic mass is 16.5. The molecule has 1 aromatic carbocycles. The highest BCUT2D eigenvalue weighted by Gasteiger charge is 2.24. The number of fused-ring (bicyclic) bond motifs is 1. The Kier molecular flexibility index (Phi) is 5.71. The van der Waals surface area contributed by atoms with Gasteiger partial charge in [-0.15, -0.1) is 0 Å². The van der Waals surface area contributed by atoms with Crippen LogP contribution in [0.15, 0.2) is 18.2 Å². The zero-order valence-electron chi connectivity index (χ0n) is 12.4. The fourth-order valence-corrected chi connectivity index (χ4v) is 2.93. The maximum absolute atomic E-state index is 5.99. The summed E-state index contributed by atoms with van der Waals surface area (Å²) in [5, 5.41) is 3.56. The van der Waals surface area contributed by atoms with Crippen LogP contribution in [0.25, 0.3) is 0 Å². The maximum atomic E-state index is 5.99. The van der Waals surface area contributed by atoms with Crippen molar-refractivity contribution in [1.82, 2.24) is 5.32 Å². The predicted octanol–water partition coefficient (Wildman–Crippen LogP) is 4.24. The molecular weight excluding hydrogens is 234 g/mol. The first kappa shape index (κ1) is 14.4. The van der Waals surface area contributed by atoms with E-state index in [1.807, 2.05) is 0 Å². The summed E-state index contributed by atoms with van der Waals surface area (Å²) in [7, 11) is 0. The van der Waals surface area contributed by atoms with Crippen molar-refractivity contribution in [3.63, 3.8) is 0 Å². The topological polar surface area (TPSA) is 21.3 Å². The lowest BCUT2D eigenvalue weighted by atomic mass is 10.1. The van der Waals surface area contributed by atoms with Crippen LogP contribution in [0.1, 0.15) is 63.1 Å². The van der Waals surface area contributed by atoms with Crippen molar-refractivity contribution in [2.75, 3.05) is 13.2 Å². The molecule has 0 spiro atoms. The number of benzene rings is 1. The molecule has 0 radical (unpaired) electrons. The fraction of sp³-hybridized carbons (Fsp3) is 0.647. The van der Waals surface area contributed by atoms with Crippen molar-refractivity contribution < 1.29 is 4.74 Å². The summed E-state index contributed by atoms with van der Waals surface area (Å²) in [6.07, 6.45) is 7.42. The van der Waals surface area contributed by atoms with Crippen LogP contribution in [-0.4, -0.2) is 13.2 Å². The molecule has 0 saturated heterocycles. The number of rotatable bonds is 8. The molecule has 0 bridgehead atoms. The molecule has 1 aromatic rings. The second-order valence-electron chi connectivity index (χ2n) is 5.38. The Morgan fingerprint density at radius 3 is 2.89 bits per heavy atom. The third-order valence-corrected chi connectivity index (χ3v) is 3.93. The number of unbranched alkanes of at least 4 members (excludes halogenated alkanes) is 3. The van der Waals surface area contributed by atoms with Crippen molar-refractivity contribution in [2.24, 2.45) is 0 Å². The number of hydrogen-bond donors (Lipinski definition) is 1. The summed E-state index contributed by atoms with van der Waals surface area (Å²) in [6, 6.07) is 7.05. The van der Waals surface area contributed by atoms with Gasteiger partial charge in [0.05, 0.1) is 6.61 Å². The van der Waals surface area contributed by atoms with Gasteiger partial charge in [-0.05, 0) is 43.0 Å². The lowest BCUT2D eigenvalue weighted by Gasteiger charge is -2.14. The highest BCUT2D eigenvalue weighted by molar-refractivity contribution is 5.45. The van der Waals surface area contributed by atoms with Crippen molar-refractivity contribution in [3.05, 3.63) is 29.3 Å². The average molecular weight is 261 g/mol. The zero-order valence-corrected chi connectivity index (χ0v) is 12.4. The lowest BCUT2D eigenvalue weighted by Crippen LogP contribution is -2.18. The Hall–Kier alpha value is -1.02. The van der Waals surface area contributed by atoms with Crippen molar-refractivity contribution in [1.29, 1.82) is 0 Å². The van der Waals surface area contributed by atoms with Gasteiger partial charge in [0.2, 0.25) is 0 Å². The van der Waals surface area contributed by atoms with E-state index in [1.54, 1.807) is 0 Å². The smallest absolute Gasteiger partial charge is 0.122 e. The maximum Gasteiger partial charge on any atom is 0.122 e. The van der Waals surface area contributed by atoms with Crippen LogP contribution >= 0.6 is 0 Å². The molecular formula is C17H27NO. The highest BCUT2D eigenvalue weighted by Crippen LogP contribution is 2.36. The minimum Gasteiger partial charge on any atom is -0.493 e. The molecule has 0 heterocycles. The molecule has 0 fully saturated rings. The summed E-state index contributed by atoms with van der Waals surface area (Å²) >= 11 is 0. The third-order valence-electron chi connectivity index (χ3n) is 3.93. The molecule has 1 aliphatic rings. The van der Waals surface area contributed by atoms with E-state index in [1.165, 1.54) is 43.2 Å². The molecule has 1 aliphatic carbocycles. The number of nitrogens with one attached hydrogen (secondary N) is 1. The van der Waals surface area contributed by atoms with E-state index in [0.717, 1.165) is 25.3 Å². The van der Waals surface area contributed by atoms with Gasteiger partial charge in [-0.25, -0.2) is 0 Å². The first-order chi connectivity index (χ1) is 9.36. The first-order valence-corrected chi connectivity index (χ1v) is 7.84. The van der Waals surface area contributed by atoms with E-state index in [9.17, 15) is 0 Å². The lowest BCUT2D eigenvalue weighted by molar-refractivity contribution is 0.302. The van der Waals surface area contributed by atoms with E-state index in [0.29, 0.717) is 6.04 Å². The molecule has 1 N–H and O–H groups in total. The van der Waals surface area contributed by atoms with Crippen LogP contribution in [0.2, 0.25) is 0 Å². The van der Waals surface area contributed by atoms with Gasteiger partial charge >= 0.3 is 0 Å². The molecule has 19 heavy (non-hydrogen) atoms. The van der Waals surface area contributed by atoms with E-state index < -0.39 is 0 Å². The molecule has 0 aliphatic heterocycles. The van der Waals surface area contributed by atoms with Gasteiger partial charge in [-0.1, -0.05) is 45.2 Å². The van der Waals surface area contributed by atoms with Crippen LogP contribution in [0, 0.1) is 0 Å². The van der Waals surface area contributed by atoms with E-state index in [-0.39, 0.29) is 0 Å². The molecule has 0 saturated carbocycles. The minimum absolute atomic E-state index is 0.531. The Bertz CT molecular complexity index is 389. The van der Waals surface area contributed by atoms with Crippen LogP contribution in [-0.2, 0) is 6.42 Å². The molecule has 1 unspecified atom stereocenters. The normalized spacial score (nSPS) is 17.5. The monoisotopic (exact) mass is 261 g/mol. The SMILES string of the molecule is CCCCCCOc1cccc2c1CCC2NCC. The molecule has 2 heteroatoms. The molecule has 106 valence electrons. The van der Waals surface area contributed by atoms with Crippen molar-refractivity contribution >= 4 is 0 Å². The van der Waals surface area contributed by atoms with Gasteiger partial charge in [-0.2, -0.15) is 0 Å². The summed E-state index contributed by atoms with van der Waals surface area (Å²) in [6.45, 7) is 6.31. The second kappa shape index (κ2) is 7.54. The van der Waals surface area contributed by atoms with Crippen molar-refractivity contribution in [2.45, 2.75) is 58.4 Å². The number of ether oxygens (including phenoxy) is 1. The summed E-state index contributed by atoms with van der Waals surface area (Å²) in [5.74, 6) is 1.12. The van der Waals surface area contributed by atoms with E-state index in [4.69, 9.17) is 4.74 Å². The molecule has 1 atom stereocenters. The minimum atomic E-state index is 0.531. The fourth-order valence-electron chi connectivity index (χ4n) is 2.93. The Morgan fingerprint density at radius 1 is 1.21 bits per heavy atom. The predicted molar refractivity (Wildman–Crippen MR) is 80.8 cm³/mol. The summed E-state index contributed by atoms with van der Waals surface area (Å²) in [5.41, 5.74) is 2.89. The summed E-state index contributed by atoms with van der Waals surface area (Å²) < 4.78 is 5.99. The van der Waals surface area contributed by atoms with Gasteiger partial charge in [0.1, 0.15) is 5.75 Å². The quantitative estimate of drug-likeness (QED) is 0.707. The van der Waals surface area contributed by atoms with Gasteiger partial charge < -0.3 is 10.1 Å². The summed E-state index contributed by atoms with van der Waals surface area (Å²) in [4.78, 5) is 0. The second-order valence-corrected chi connectivity index (χ2v) is 5.38. The van der Waals surface area contributed by atoms with E-state index in [2.05, 4.69) is 37.4 Å². The standard InChI is InChI=1S/C17H27NO/c1-3-5-6-7-13-19-17-10-8-9-14-15(17)11-12-16(14)18-4-2/h8-10,16,18H,3-7,11-13H2,1-2H3. The molecule has 0 amide bonds. The van der Waals surface area contributed by atoms with Gasteiger partial charge in [0.25, 0.3) is 0 Å². The van der Waals surface area contributed by atoms with Gasteiger partial charge in [0.15, 0.2) is 0 Å². The first-order valence-electron chi connectivity index (χ1n) is 7.84. The number of hydrogen-bond acceptors (Lipinski definition) is 2. The van der Waals surface area contributed by atoms with Gasteiger partial charge in [-0.3, -0.25) is 0 Å². The van der Waals surface area contributed by atoms with Crippen LogP contribution < -0.4 is 10.1 Å². The van der Waals surface area contributed by atoms with E-state index >= 15 is 0 Å². The average Bonchev–Trinajstić information content (AvgIpc) is 2.83. The Labute approximate surface area is 117 Å². The zero-order chi connectivity index (χ0) is 13.5. The molecule has 2 rings (SSSR count). The van der Waals surface area contributed by atoms with Crippen LogP contribution in [0.4, 0.5) is 0 Å². The third kappa shape index (κ3) is 3.73. The van der Waals surface area contributed by atoms with Crippen LogP contribution in [0.5, 0.6) is 5.75 Å². The Balaban J connectivity index is 1.92. The van der Waals surface area contributed by atoms with Crippen molar-refractivity contribution in [3.8, 4) is 5.75 Å². The van der Waals surface area contributed by atoms with Crippen LogP contribution in [0.3, 0.4) is 0 Å². The molecule has 0 aromatic heterocycles. The Morgan fingerprint density at radius 2 is 2.11 bits per heavy atom. The molecule has 2 nitrogen and oxygen atoms in total.